The molecule has 19 heavy (non-hydrogen) atoms. The lowest BCUT2D eigenvalue weighted by molar-refractivity contribution is 0.112. The van der Waals surface area contributed by atoms with Crippen molar-refractivity contribution in [3.63, 3.8) is 0 Å². The molecule has 98 valence electrons. The first-order chi connectivity index (χ1) is 9.36. The highest BCUT2D eigenvalue weighted by Gasteiger charge is 2.32. The predicted molar refractivity (Wildman–Crippen MR) is 73.8 cm³/mol. The minimum Gasteiger partial charge on any atom is -0.391 e. The number of aliphatic hydroxyl groups is 1. The van der Waals surface area contributed by atoms with Crippen LogP contribution in [0.5, 0.6) is 0 Å². The average molecular weight is 255 g/mol. The Labute approximate surface area is 112 Å². The van der Waals surface area contributed by atoms with E-state index < -0.39 is 0 Å². The van der Waals surface area contributed by atoms with Crippen molar-refractivity contribution in [3.05, 3.63) is 54.5 Å². The van der Waals surface area contributed by atoms with Crippen LogP contribution in [-0.4, -0.2) is 27.7 Å². The molecule has 0 spiro atoms. The van der Waals surface area contributed by atoms with Crippen LogP contribution in [0.25, 0.3) is 0 Å². The van der Waals surface area contributed by atoms with E-state index in [-0.39, 0.29) is 12.1 Å². The van der Waals surface area contributed by atoms with E-state index in [1.807, 2.05) is 30.3 Å². The van der Waals surface area contributed by atoms with Gasteiger partial charge in [-0.05, 0) is 42.7 Å². The normalized spacial score (nSPS) is 23.3. The predicted octanol–water partition coefficient (Wildman–Crippen LogP) is 2.18. The molecule has 2 atom stereocenters. The highest BCUT2D eigenvalue weighted by Crippen LogP contribution is 2.33. The van der Waals surface area contributed by atoms with E-state index in [0.29, 0.717) is 0 Å². The molecule has 4 nitrogen and oxygen atoms in total. The molecule has 0 amide bonds. The molecule has 0 aromatic carbocycles. The number of hydrogen-bond donors (Lipinski definition) is 1. The Morgan fingerprint density at radius 1 is 1.11 bits per heavy atom. The minimum atomic E-state index is -0.363. The number of hydrogen-bond acceptors (Lipinski definition) is 4. The zero-order valence-corrected chi connectivity index (χ0v) is 10.7. The largest absolute Gasteiger partial charge is 0.391 e. The maximum atomic E-state index is 10.4. The lowest BCUT2D eigenvalue weighted by atomic mass is 9.93. The van der Waals surface area contributed by atoms with Gasteiger partial charge >= 0.3 is 0 Å². The molecule has 1 saturated heterocycles. The molecule has 3 heterocycles. The second-order valence-electron chi connectivity index (χ2n) is 4.82. The molecule has 0 bridgehead atoms. The molecule has 1 N–H and O–H groups in total. The van der Waals surface area contributed by atoms with Crippen molar-refractivity contribution in [2.75, 3.05) is 11.4 Å². The van der Waals surface area contributed by atoms with Gasteiger partial charge in [-0.3, -0.25) is 4.98 Å². The lowest BCUT2D eigenvalue weighted by Gasteiger charge is -2.40. The van der Waals surface area contributed by atoms with Crippen LogP contribution in [-0.2, 0) is 0 Å². The Kier molecular flexibility index (Phi) is 3.42. The number of aromatic nitrogens is 2. The zero-order valence-electron chi connectivity index (χ0n) is 10.7. The fourth-order valence-electron chi connectivity index (χ4n) is 2.72. The summed E-state index contributed by atoms with van der Waals surface area (Å²) in [5, 5.41) is 10.4. The first-order valence-electron chi connectivity index (χ1n) is 6.62. The lowest BCUT2D eigenvalue weighted by Crippen LogP contribution is -2.42. The molecule has 4 heteroatoms. The van der Waals surface area contributed by atoms with Gasteiger partial charge in [0, 0.05) is 25.1 Å². The third kappa shape index (κ3) is 2.44. The van der Waals surface area contributed by atoms with E-state index in [0.717, 1.165) is 30.8 Å². The topological polar surface area (TPSA) is 49.2 Å². The molecule has 1 aliphatic heterocycles. The summed E-state index contributed by atoms with van der Waals surface area (Å²) >= 11 is 0. The van der Waals surface area contributed by atoms with Gasteiger partial charge in [0.25, 0.3) is 0 Å². The zero-order chi connectivity index (χ0) is 13.1. The Hall–Kier alpha value is -1.94. The summed E-state index contributed by atoms with van der Waals surface area (Å²) in [5.74, 6) is 0.920. The van der Waals surface area contributed by atoms with Crippen LogP contribution in [0.3, 0.4) is 0 Å². The van der Waals surface area contributed by atoms with Gasteiger partial charge in [-0.1, -0.05) is 6.07 Å². The van der Waals surface area contributed by atoms with Gasteiger partial charge in [-0.15, -0.1) is 0 Å². The molecule has 3 rings (SSSR count). The quantitative estimate of drug-likeness (QED) is 0.893. The highest BCUT2D eigenvalue weighted by molar-refractivity contribution is 5.43. The molecular formula is C15H17N3O. The van der Waals surface area contributed by atoms with Crippen LogP contribution < -0.4 is 4.90 Å². The van der Waals surface area contributed by atoms with E-state index >= 15 is 0 Å². The number of nitrogens with zero attached hydrogens (tertiary/aromatic N) is 3. The SMILES string of the molecule is OC1CCCN(c2ccccn2)C1c1ccncc1. The molecule has 2 aromatic heterocycles. The average Bonchev–Trinajstić information content (AvgIpc) is 2.49. The second-order valence-corrected chi connectivity index (χ2v) is 4.82. The summed E-state index contributed by atoms with van der Waals surface area (Å²) in [7, 11) is 0. The number of piperidine rings is 1. The van der Waals surface area contributed by atoms with Crippen molar-refractivity contribution in [2.45, 2.75) is 25.0 Å². The van der Waals surface area contributed by atoms with Crippen LogP contribution in [0, 0.1) is 0 Å². The maximum Gasteiger partial charge on any atom is 0.129 e. The summed E-state index contributed by atoms with van der Waals surface area (Å²) in [6, 6.07) is 9.78. The van der Waals surface area contributed by atoms with E-state index in [1.54, 1.807) is 18.6 Å². The van der Waals surface area contributed by atoms with Crippen molar-refractivity contribution in [2.24, 2.45) is 0 Å². The van der Waals surface area contributed by atoms with Crippen LogP contribution in [0.1, 0.15) is 24.4 Å². The summed E-state index contributed by atoms with van der Waals surface area (Å²) < 4.78 is 0. The standard InChI is InChI=1S/C15H17N3O/c19-13-4-3-11-18(14-5-1-2-8-17-14)15(13)12-6-9-16-10-7-12/h1-2,5-10,13,15,19H,3-4,11H2. The monoisotopic (exact) mass is 255 g/mol. The van der Waals surface area contributed by atoms with E-state index in [4.69, 9.17) is 0 Å². The van der Waals surface area contributed by atoms with E-state index in [2.05, 4.69) is 14.9 Å². The Bertz CT molecular complexity index is 517. The Balaban J connectivity index is 1.97. The van der Waals surface area contributed by atoms with Gasteiger partial charge in [0.2, 0.25) is 0 Å². The molecule has 0 aliphatic carbocycles. The second kappa shape index (κ2) is 5.36. The summed E-state index contributed by atoms with van der Waals surface area (Å²) in [4.78, 5) is 10.6. The first kappa shape index (κ1) is 12.1. The Morgan fingerprint density at radius 2 is 1.95 bits per heavy atom. The smallest absolute Gasteiger partial charge is 0.129 e. The molecule has 2 aromatic rings. The van der Waals surface area contributed by atoms with Crippen molar-refractivity contribution in [1.82, 2.24) is 9.97 Å². The number of anilines is 1. The fraction of sp³-hybridized carbons (Fsp3) is 0.333. The molecule has 1 aliphatic rings. The van der Waals surface area contributed by atoms with Gasteiger partial charge in [0.15, 0.2) is 0 Å². The number of rotatable bonds is 2. The highest BCUT2D eigenvalue weighted by atomic mass is 16.3. The van der Waals surface area contributed by atoms with Crippen LogP contribution in [0.4, 0.5) is 5.82 Å². The number of aliphatic hydroxyl groups excluding tert-OH is 1. The summed E-state index contributed by atoms with van der Waals surface area (Å²) in [6.45, 7) is 0.918. The third-order valence-electron chi connectivity index (χ3n) is 3.59. The molecular weight excluding hydrogens is 238 g/mol. The van der Waals surface area contributed by atoms with Gasteiger partial charge in [0.1, 0.15) is 5.82 Å². The van der Waals surface area contributed by atoms with Crippen molar-refractivity contribution >= 4 is 5.82 Å². The van der Waals surface area contributed by atoms with Gasteiger partial charge in [0.05, 0.1) is 12.1 Å². The Morgan fingerprint density at radius 3 is 2.68 bits per heavy atom. The van der Waals surface area contributed by atoms with Crippen molar-refractivity contribution in [3.8, 4) is 0 Å². The number of pyridine rings is 2. The van der Waals surface area contributed by atoms with Gasteiger partial charge < -0.3 is 10.0 Å². The van der Waals surface area contributed by atoms with Crippen LogP contribution >= 0.6 is 0 Å². The van der Waals surface area contributed by atoms with Gasteiger partial charge in [-0.25, -0.2) is 4.98 Å². The maximum absolute atomic E-state index is 10.4. The molecule has 0 saturated carbocycles. The van der Waals surface area contributed by atoms with E-state index in [1.165, 1.54) is 0 Å². The summed E-state index contributed by atoms with van der Waals surface area (Å²) in [6.07, 6.45) is 6.79. The van der Waals surface area contributed by atoms with Crippen LogP contribution in [0.2, 0.25) is 0 Å². The third-order valence-corrected chi connectivity index (χ3v) is 3.59. The van der Waals surface area contributed by atoms with E-state index in [9.17, 15) is 5.11 Å². The van der Waals surface area contributed by atoms with Crippen LogP contribution in [0.15, 0.2) is 48.9 Å². The molecule has 1 fully saturated rings. The molecule has 0 radical (unpaired) electrons. The van der Waals surface area contributed by atoms with Crippen molar-refractivity contribution in [1.29, 1.82) is 0 Å². The summed E-state index contributed by atoms with van der Waals surface area (Å²) in [5.41, 5.74) is 1.09. The fourth-order valence-corrected chi connectivity index (χ4v) is 2.72. The first-order valence-corrected chi connectivity index (χ1v) is 6.62. The van der Waals surface area contributed by atoms with Gasteiger partial charge in [-0.2, -0.15) is 0 Å². The van der Waals surface area contributed by atoms with Crippen molar-refractivity contribution < 1.29 is 5.11 Å². The minimum absolute atomic E-state index is 0.0355. The molecule has 2 unspecified atom stereocenters.